The molecule has 0 atom stereocenters. The van der Waals surface area contributed by atoms with Crippen LogP contribution in [0.15, 0.2) is 12.4 Å². The summed E-state index contributed by atoms with van der Waals surface area (Å²) in [7, 11) is 2.12. The standard InChI is InChI=1S/C12H19N3O/c1-10-7-13-8-11(10)12(16)9-15-5-3-14(2)4-6-15/h7-8,13H,3-6,9H2,1-2H3. The summed E-state index contributed by atoms with van der Waals surface area (Å²) in [6.07, 6.45) is 3.67. The number of likely N-dealkylation sites (N-methyl/N-ethyl adjacent to an activating group) is 1. The number of piperazine rings is 1. The van der Waals surface area contributed by atoms with Gasteiger partial charge in [-0.2, -0.15) is 0 Å². The van der Waals surface area contributed by atoms with Crippen LogP contribution >= 0.6 is 0 Å². The summed E-state index contributed by atoms with van der Waals surface area (Å²) in [5.74, 6) is 0.225. The molecular formula is C12H19N3O. The largest absolute Gasteiger partial charge is 0.367 e. The molecule has 1 aliphatic heterocycles. The Kier molecular flexibility index (Phi) is 3.41. The Balaban J connectivity index is 1.91. The topological polar surface area (TPSA) is 39.3 Å². The van der Waals surface area contributed by atoms with E-state index < -0.39 is 0 Å². The van der Waals surface area contributed by atoms with Crippen LogP contribution in [0.25, 0.3) is 0 Å². The molecule has 4 nitrogen and oxygen atoms in total. The fraction of sp³-hybridized carbons (Fsp3) is 0.583. The molecule has 88 valence electrons. The Morgan fingerprint density at radius 3 is 2.56 bits per heavy atom. The summed E-state index contributed by atoms with van der Waals surface area (Å²) in [6.45, 7) is 6.61. The van der Waals surface area contributed by atoms with Gasteiger partial charge >= 0.3 is 0 Å². The fourth-order valence-corrected chi connectivity index (χ4v) is 2.04. The Morgan fingerprint density at radius 1 is 1.31 bits per heavy atom. The summed E-state index contributed by atoms with van der Waals surface area (Å²) in [5, 5.41) is 0. The number of aryl methyl sites for hydroxylation is 1. The lowest BCUT2D eigenvalue weighted by molar-refractivity contribution is 0.0876. The number of hydrogen-bond acceptors (Lipinski definition) is 3. The minimum absolute atomic E-state index is 0.225. The normalized spacial score (nSPS) is 18.9. The van der Waals surface area contributed by atoms with Gasteiger partial charge in [0.15, 0.2) is 5.78 Å². The van der Waals surface area contributed by atoms with E-state index in [-0.39, 0.29) is 5.78 Å². The maximum atomic E-state index is 12.0. The lowest BCUT2D eigenvalue weighted by atomic mass is 10.1. The summed E-state index contributed by atoms with van der Waals surface area (Å²) >= 11 is 0. The predicted molar refractivity (Wildman–Crippen MR) is 63.8 cm³/mol. The molecule has 4 heteroatoms. The second-order valence-electron chi connectivity index (χ2n) is 4.55. The molecule has 1 aromatic heterocycles. The first-order chi connectivity index (χ1) is 7.66. The molecule has 0 radical (unpaired) electrons. The van der Waals surface area contributed by atoms with Gasteiger partial charge in [-0.05, 0) is 19.5 Å². The molecular weight excluding hydrogens is 202 g/mol. The van der Waals surface area contributed by atoms with Crippen LogP contribution in [0.3, 0.4) is 0 Å². The van der Waals surface area contributed by atoms with Gasteiger partial charge in [0.05, 0.1) is 6.54 Å². The van der Waals surface area contributed by atoms with Gasteiger partial charge in [0, 0.05) is 44.1 Å². The predicted octanol–water partition coefficient (Wildman–Crippen LogP) is 0.753. The number of carbonyl (C=O) groups is 1. The molecule has 1 fully saturated rings. The number of aromatic amines is 1. The highest BCUT2D eigenvalue weighted by Crippen LogP contribution is 2.08. The van der Waals surface area contributed by atoms with E-state index in [0.717, 1.165) is 37.3 Å². The zero-order chi connectivity index (χ0) is 11.5. The van der Waals surface area contributed by atoms with Crippen LogP contribution in [0.5, 0.6) is 0 Å². The van der Waals surface area contributed by atoms with Gasteiger partial charge in [-0.15, -0.1) is 0 Å². The Bertz CT molecular complexity index is 364. The van der Waals surface area contributed by atoms with E-state index in [1.807, 2.05) is 13.1 Å². The summed E-state index contributed by atoms with van der Waals surface area (Å²) in [5.41, 5.74) is 1.87. The second-order valence-corrected chi connectivity index (χ2v) is 4.55. The molecule has 0 unspecified atom stereocenters. The zero-order valence-electron chi connectivity index (χ0n) is 9.99. The SMILES string of the molecule is Cc1c[nH]cc1C(=O)CN1CCN(C)CC1. The van der Waals surface area contributed by atoms with Crippen LogP contribution in [0.2, 0.25) is 0 Å². The lowest BCUT2D eigenvalue weighted by Gasteiger charge is -2.31. The molecule has 2 heterocycles. The minimum atomic E-state index is 0.225. The molecule has 0 bridgehead atoms. The number of H-pyrrole nitrogens is 1. The maximum Gasteiger partial charge on any atom is 0.178 e. The van der Waals surface area contributed by atoms with Crippen molar-refractivity contribution in [2.75, 3.05) is 39.8 Å². The van der Waals surface area contributed by atoms with Crippen molar-refractivity contribution in [2.45, 2.75) is 6.92 Å². The third kappa shape index (κ3) is 2.51. The van der Waals surface area contributed by atoms with E-state index in [0.29, 0.717) is 6.54 Å². The van der Waals surface area contributed by atoms with Crippen molar-refractivity contribution in [3.05, 3.63) is 23.5 Å². The van der Waals surface area contributed by atoms with Gasteiger partial charge in [0.1, 0.15) is 0 Å². The van der Waals surface area contributed by atoms with Crippen LogP contribution in [-0.4, -0.2) is 60.3 Å². The summed E-state index contributed by atoms with van der Waals surface area (Å²) < 4.78 is 0. The lowest BCUT2D eigenvalue weighted by Crippen LogP contribution is -2.46. The van der Waals surface area contributed by atoms with E-state index in [2.05, 4.69) is 21.8 Å². The number of aromatic nitrogens is 1. The number of rotatable bonds is 3. The van der Waals surface area contributed by atoms with Crippen LogP contribution in [0, 0.1) is 6.92 Å². The molecule has 2 rings (SSSR count). The van der Waals surface area contributed by atoms with E-state index >= 15 is 0 Å². The molecule has 0 aromatic carbocycles. The smallest absolute Gasteiger partial charge is 0.178 e. The third-order valence-corrected chi connectivity index (χ3v) is 3.22. The molecule has 1 N–H and O–H groups in total. The maximum absolute atomic E-state index is 12.0. The highest BCUT2D eigenvalue weighted by Gasteiger charge is 2.18. The Morgan fingerprint density at radius 2 is 2.00 bits per heavy atom. The monoisotopic (exact) mass is 221 g/mol. The van der Waals surface area contributed by atoms with E-state index in [1.165, 1.54) is 0 Å². The van der Waals surface area contributed by atoms with E-state index in [4.69, 9.17) is 0 Å². The van der Waals surface area contributed by atoms with Crippen molar-refractivity contribution >= 4 is 5.78 Å². The fourth-order valence-electron chi connectivity index (χ4n) is 2.04. The first kappa shape index (κ1) is 11.4. The van der Waals surface area contributed by atoms with Crippen LogP contribution < -0.4 is 0 Å². The molecule has 1 aromatic rings. The van der Waals surface area contributed by atoms with Gasteiger partial charge in [0.2, 0.25) is 0 Å². The van der Waals surface area contributed by atoms with E-state index in [1.54, 1.807) is 6.20 Å². The van der Waals surface area contributed by atoms with Gasteiger partial charge in [0.25, 0.3) is 0 Å². The quantitative estimate of drug-likeness (QED) is 0.766. The van der Waals surface area contributed by atoms with Crippen LogP contribution in [0.1, 0.15) is 15.9 Å². The van der Waals surface area contributed by atoms with Crippen molar-refractivity contribution in [2.24, 2.45) is 0 Å². The zero-order valence-corrected chi connectivity index (χ0v) is 9.99. The molecule has 1 aliphatic rings. The molecule has 16 heavy (non-hydrogen) atoms. The molecule has 0 spiro atoms. The molecule has 1 saturated heterocycles. The number of nitrogens with zero attached hydrogens (tertiary/aromatic N) is 2. The molecule has 0 aliphatic carbocycles. The van der Waals surface area contributed by atoms with Crippen molar-refractivity contribution in [1.29, 1.82) is 0 Å². The van der Waals surface area contributed by atoms with Gasteiger partial charge in [-0.3, -0.25) is 9.69 Å². The first-order valence-corrected chi connectivity index (χ1v) is 5.74. The summed E-state index contributed by atoms with van der Waals surface area (Å²) in [6, 6.07) is 0. The number of nitrogens with one attached hydrogen (secondary N) is 1. The average molecular weight is 221 g/mol. The van der Waals surface area contributed by atoms with Gasteiger partial charge in [-0.25, -0.2) is 0 Å². The summed E-state index contributed by atoms with van der Waals surface area (Å²) in [4.78, 5) is 19.5. The van der Waals surface area contributed by atoms with Gasteiger partial charge in [-0.1, -0.05) is 0 Å². The average Bonchev–Trinajstić information content (AvgIpc) is 2.68. The second kappa shape index (κ2) is 4.80. The van der Waals surface area contributed by atoms with Crippen LogP contribution in [-0.2, 0) is 0 Å². The Labute approximate surface area is 96.2 Å². The van der Waals surface area contributed by atoms with Crippen molar-refractivity contribution in [1.82, 2.24) is 14.8 Å². The minimum Gasteiger partial charge on any atom is -0.367 e. The number of hydrogen-bond donors (Lipinski definition) is 1. The number of Topliss-reactive ketones (excluding diaryl/α,β-unsaturated/α-hetero) is 1. The molecule has 0 saturated carbocycles. The molecule has 0 amide bonds. The highest BCUT2D eigenvalue weighted by atomic mass is 16.1. The van der Waals surface area contributed by atoms with Crippen molar-refractivity contribution < 1.29 is 4.79 Å². The highest BCUT2D eigenvalue weighted by molar-refractivity contribution is 5.98. The third-order valence-electron chi connectivity index (χ3n) is 3.22. The van der Waals surface area contributed by atoms with Crippen molar-refractivity contribution in [3.63, 3.8) is 0 Å². The first-order valence-electron chi connectivity index (χ1n) is 5.74. The van der Waals surface area contributed by atoms with Gasteiger partial charge < -0.3 is 9.88 Å². The Hall–Kier alpha value is -1.13. The van der Waals surface area contributed by atoms with Crippen LogP contribution in [0.4, 0.5) is 0 Å². The van der Waals surface area contributed by atoms with Crippen molar-refractivity contribution in [3.8, 4) is 0 Å². The van der Waals surface area contributed by atoms with E-state index in [9.17, 15) is 4.79 Å². The number of ketones is 1. The number of carbonyl (C=O) groups excluding carboxylic acids is 1.